The van der Waals surface area contributed by atoms with E-state index in [-0.39, 0.29) is 24.7 Å². The topological polar surface area (TPSA) is 294 Å². The van der Waals surface area contributed by atoms with Gasteiger partial charge in [-0.3, -0.25) is 9.59 Å². The molecule has 0 aromatic heterocycles. The highest BCUT2D eigenvalue weighted by Crippen LogP contribution is 2.43. The molecule has 5 fully saturated rings. The Morgan fingerprint density at radius 2 is 1.39 bits per heavy atom. The van der Waals surface area contributed by atoms with Gasteiger partial charge in [0.05, 0.1) is 43.0 Å². The molecule has 2 aliphatic carbocycles. The minimum absolute atomic E-state index is 0.155. The number of hydrogen-bond donors (Lipinski definition) is 9. The van der Waals surface area contributed by atoms with Crippen molar-refractivity contribution >= 4 is 11.9 Å². The Morgan fingerprint density at radius 1 is 0.745 bits per heavy atom. The molecule has 0 bridgehead atoms. The summed E-state index contributed by atoms with van der Waals surface area (Å²) in [6, 6.07) is 0. The van der Waals surface area contributed by atoms with Gasteiger partial charge in [0.2, 0.25) is 0 Å². The van der Waals surface area contributed by atoms with Crippen LogP contribution in [0.1, 0.15) is 45.4 Å². The van der Waals surface area contributed by atoms with Crippen LogP contribution in [0.3, 0.4) is 0 Å². The molecule has 5 rings (SSSR count). The smallest absolute Gasteiger partial charge is 0.317 e. The Kier molecular flexibility index (Phi) is 13.7. The number of esters is 1. The first-order valence-corrected chi connectivity index (χ1v) is 17.3. The first kappa shape index (κ1) is 40.5. The summed E-state index contributed by atoms with van der Waals surface area (Å²) < 4.78 is 44.6. The van der Waals surface area contributed by atoms with Crippen molar-refractivity contribution in [3.63, 3.8) is 0 Å². The van der Waals surface area contributed by atoms with Crippen LogP contribution in [0.25, 0.3) is 0 Å². The molecule has 18 atom stereocenters. The minimum Gasteiger partial charge on any atom is -0.481 e. The number of hydrogen-bond acceptors (Lipinski definition) is 17. The summed E-state index contributed by atoms with van der Waals surface area (Å²) in [5.41, 5.74) is 0. The third-order valence-electron chi connectivity index (χ3n) is 10.9. The van der Waals surface area contributed by atoms with Crippen LogP contribution in [-0.2, 0) is 42.7 Å². The summed E-state index contributed by atoms with van der Waals surface area (Å²) in [5, 5.41) is 94.7. The fraction of sp³-hybridized carbons (Fsp3) is 0.938. The molecule has 294 valence electrons. The molecule has 0 radical (unpaired) electrons. The standard InChI is InChI=1S/C32H52O19/c1-11-29(51-22(37)9-21(35)36)26(41)28(43)31(47-11)46-10-20-24(39)25(40)27(42)32(50-20)49-19-8-14-15(34)6-13(33)7-16(14)48-30(19)12-4-17(44-2)23(38)18(5-12)45-3/h11-20,23-34,38-43H,4-10H2,1-3H3,(H,35,36)/p+1/t11-,12?,13?,14?,15?,16?,17?,18?,19?,20+,23?,24+,25-,26-,27+,28+,29-,30?,31+,32+/m0/s1. The van der Waals surface area contributed by atoms with E-state index in [1.165, 1.54) is 21.1 Å². The van der Waals surface area contributed by atoms with Gasteiger partial charge < -0.3 is 83.9 Å². The van der Waals surface area contributed by atoms with Gasteiger partial charge in [-0.1, -0.05) is 0 Å². The van der Waals surface area contributed by atoms with Crippen LogP contribution in [0.15, 0.2) is 0 Å². The highest BCUT2D eigenvalue weighted by atomic mass is 16.7. The van der Waals surface area contributed by atoms with Gasteiger partial charge in [-0.05, 0) is 26.2 Å². The van der Waals surface area contributed by atoms with E-state index < -0.39 is 135 Å². The number of methoxy groups -OCH3 is 2. The van der Waals surface area contributed by atoms with Crippen molar-refractivity contribution in [3.8, 4) is 0 Å². The van der Waals surface area contributed by atoms with Crippen LogP contribution in [0.5, 0.6) is 0 Å². The Labute approximate surface area is 293 Å². The van der Waals surface area contributed by atoms with Crippen LogP contribution in [-0.4, -0.2) is 194 Å². The van der Waals surface area contributed by atoms with E-state index in [9.17, 15) is 50.4 Å². The summed E-state index contributed by atoms with van der Waals surface area (Å²) in [6.07, 6.45) is -20.5. The molecule has 0 aromatic rings. The lowest BCUT2D eigenvalue weighted by atomic mass is 9.72. The van der Waals surface area contributed by atoms with E-state index in [2.05, 4.69) is 0 Å². The number of carboxylic acids is 1. The van der Waals surface area contributed by atoms with E-state index in [1.54, 1.807) is 0 Å². The molecule has 3 heterocycles. The van der Waals surface area contributed by atoms with Crippen molar-refractivity contribution < 1.29 is 93.4 Å². The monoisotopic (exact) mass is 741 g/mol. The third-order valence-corrected chi connectivity index (χ3v) is 10.9. The van der Waals surface area contributed by atoms with Crippen LogP contribution in [0.2, 0.25) is 0 Å². The molecule has 8 unspecified atom stereocenters. The van der Waals surface area contributed by atoms with E-state index in [0.29, 0.717) is 19.3 Å². The molecule has 19 nitrogen and oxygen atoms in total. The molecule has 0 amide bonds. The zero-order valence-electron chi connectivity index (χ0n) is 28.6. The molecule has 3 aliphatic heterocycles. The number of ether oxygens (including phenoxy) is 8. The van der Waals surface area contributed by atoms with Gasteiger partial charge in [0, 0.05) is 33.0 Å². The number of aliphatic hydroxyl groups is 10. The largest absolute Gasteiger partial charge is 0.481 e. The summed E-state index contributed by atoms with van der Waals surface area (Å²) in [5.74, 6) is -3.24. The summed E-state index contributed by atoms with van der Waals surface area (Å²) >= 11 is 0. The number of carbonyl (C=O) groups is 2. The van der Waals surface area contributed by atoms with Gasteiger partial charge in [-0.25, -0.2) is 0 Å². The van der Waals surface area contributed by atoms with Crippen LogP contribution >= 0.6 is 0 Å². The van der Waals surface area contributed by atoms with Crippen molar-refractivity contribution in [3.05, 3.63) is 0 Å². The number of aliphatic hydroxyl groups excluding tert-OH is 8. The second kappa shape index (κ2) is 17.2. The van der Waals surface area contributed by atoms with E-state index in [4.69, 9.17) is 43.0 Å². The maximum atomic E-state index is 11.8. The number of carboxylic acid groups (broad SMARTS) is 1. The van der Waals surface area contributed by atoms with E-state index in [1.807, 2.05) is 0 Å². The highest BCUT2D eigenvalue weighted by molar-refractivity contribution is 5.90. The van der Waals surface area contributed by atoms with Crippen molar-refractivity contribution in [2.75, 3.05) is 20.8 Å². The molecule has 10 N–H and O–H groups in total. The predicted octanol–water partition coefficient (Wildman–Crippen LogP) is -4.35. The summed E-state index contributed by atoms with van der Waals surface area (Å²) in [6.45, 7) is 0.859. The molecule has 3 saturated heterocycles. The Morgan fingerprint density at radius 3 is 2.02 bits per heavy atom. The quantitative estimate of drug-likeness (QED) is 0.0549. The second-order valence-corrected chi connectivity index (χ2v) is 14.3. The summed E-state index contributed by atoms with van der Waals surface area (Å²) in [4.78, 5) is 22.7. The van der Waals surface area contributed by atoms with Gasteiger partial charge in [0.25, 0.3) is 0 Å². The SMILES string of the molecule is COC1CC(C2[OH+]C3CC(O)CC(O)C3CC2O[C@@H]2O[C@H](CO[C@@H]3O[C@@H](C)[C@H](OC(=O)CC(=O)O)[C@@H](O)[C@H]3O)[C@@H](O)[C@H](O)[C@H]2O)CC(OC)C1O. The zero-order valence-corrected chi connectivity index (χ0v) is 28.6. The van der Waals surface area contributed by atoms with Gasteiger partial charge >= 0.3 is 11.9 Å². The first-order chi connectivity index (χ1) is 24.1. The molecule has 51 heavy (non-hydrogen) atoms. The summed E-state index contributed by atoms with van der Waals surface area (Å²) in [7, 11) is 2.96. The van der Waals surface area contributed by atoms with Crippen molar-refractivity contribution in [2.45, 2.75) is 156 Å². The third kappa shape index (κ3) is 9.01. The van der Waals surface area contributed by atoms with E-state index in [0.717, 1.165) is 0 Å². The van der Waals surface area contributed by atoms with Crippen LogP contribution in [0.4, 0.5) is 0 Å². The first-order valence-electron chi connectivity index (χ1n) is 17.3. The molecule has 0 spiro atoms. The number of fused-ring (bicyclic) bond motifs is 1. The van der Waals surface area contributed by atoms with Gasteiger partial charge in [0.1, 0.15) is 55.3 Å². The highest BCUT2D eigenvalue weighted by Gasteiger charge is 2.56. The van der Waals surface area contributed by atoms with Crippen molar-refractivity contribution in [1.29, 1.82) is 0 Å². The molecule has 5 aliphatic rings. The van der Waals surface area contributed by atoms with Crippen molar-refractivity contribution in [1.82, 2.24) is 0 Å². The van der Waals surface area contributed by atoms with Crippen LogP contribution in [0, 0.1) is 11.8 Å². The molecule has 0 aromatic carbocycles. The average molecular weight is 742 g/mol. The molecular weight excluding hydrogens is 688 g/mol. The van der Waals surface area contributed by atoms with Crippen molar-refractivity contribution in [2.24, 2.45) is 11.8 Å². The number of carbonyl (C=O) groups excluding carboxylic acids is 1. The lowest BCUT2D eigenvalue weighted by molar-refractivity contribution is -0.363. The molecular formula is C32H53O19+. The second-order valence-electron chi connectivity index (χ2n) is 14.3. The zero-order chi connectivity index (χ0) is 37.3. The maximum absolute atomic E-state index is 11.8. The molecule has 2 saturated carbocycles. The van der Waals surface area contributed by atoms with Gasteiger partial charge in [-0.15, -0.1) is 0 Å². The Balaban J connectivity index is 1.28. The van der Waals surface area contributed by atoms with Crippen LogP contribution < -0.4 is 0 Å². The minimum atomic E-state index is -1.79. The fourth-order valence-corrected chi connectivity index (χ4v) is 8.14. The van der Waals surface area contributed by atoms with E-state index >= 15 is 0 Å². The Bertz CT molecular complexity index is 1150. The fourth-order valence-electron chi connectivity index (χ4n) is 8.14. The Hall–Kier alpha value is -1.66. The predicted molar refractivity (Wildman–Crippen MR) is 165 cm³/mol. The van der Waals surface area contributed by atoms with Gasteiger partial charge in [-0.2, -0.15) is 0 Å². The lowest BCUT2D eigenvalue weighted by Crippen LogP contribution is -2.64. The molecule has 19 heteroatoms. The maximum Gasteiger partial charge on any atom is 0.317 e. The average Bonchev–Trinajstić information content (AvgIpc) is 3.08. The van der Waals surface area contributed by atoms with Gasteiger partial charge in [0.15, 0.2) is 30.9 Å². The number of rotatable bonds is 11. The number of aliphatic carboxylic acids is 1. The lowest BCUT2D eigenvalue weighted by Gasteiger charge is -2.49. The normalized spacial score (nSPS) is 49.2.